The highest BCUT2D eigenvalue weighted by atomic mass is 19.4. The molecule has 3 nitrogen and oxygen atoms in total. The van der Waals surface area contributed by atoms with Gasteiger partial charge in [-0.3, -0.25) is 4.79 Å². The van der Waals surface area contributed by atoms with Crippen LogP contribution in [0.4, 0.5) is 17.6 Å². The van der Waals surface area contributed by atoms with Crippen molar-refractivity contribution in [3.05, 3.63) is 35.1 Å². The summed E-state index contributed by atoms with van der Waals surface area (Å²) in [6.45, 7) is 1.66. The molecule has 100 valence electrons. The molecular formula is C11H12F4N2O. The summed E-state index contributed by atoms with van der Waals surface area (Å²) in [6.07, 6.45) is -4.62. The predicted molar refractivity (Wildman–Crippen MR) is 57.4 cm³/mol. The van der Waals surface area contributed by atoms with E-state index in [2.05, 4.69) is 5.32 Å². The first kappa shape index (κ1) is 14.4. The molecule has 3 N–H and O–H groups in total. The standard InChI is InChI=1S/C11H12F4N2O/c1-6(5-16)17-10(18)8-4-7(11(13,14)15)2-3-9(8)12/h2-4,6H,5,16H2,1H3,(H,17,18)/t6-/m1/s1. The van der Waals surface area contributed by atoms with Crippen LogP contribution in [0.1, 0.15) is 22.8 Å². The van der Waals surface area contributed by atoms with Crippen molar-refractivity contribution in [1.29, 1.82) is 0 Å². The van der Waals surface area contributed by atoms with Gasteiger partial charge in [0.05, 0.1) is 11.1 Å². The number of nitrogens with two attached hydrogens (primary N) is 1. The second-order valence-electron chi connectivity index (χ2n) is 3.80. The van der Waals surface area contributed by atoms with Crippen LogP contribution in [0.15, 0.2) is 18.2 Å². The summed E-state index contributed by atoms with van der Waals surface area (Å²) in [5.74, 6) is -1.93. The Hall–Kier alpha value is -1.63. The predicted octanol–water partition coefficient (Wildman–Crippen LogP) is 1.92. The summed E-state index contributed by atoms with van der Waals surface area (Å²) in [7, 11) is 0. The van der Waals surface area contributed by atoms with Gasteiger partial charge >= 0.3 is 6.18 Å². The lowest BCUT2D eigenvalue weighted by Crippen LogP contribution is -2.38. The Morgan fingerprint density at radius 1 is 1.44 bits per heavy atom. The van der Waals surface area contributed by atoms with Gasteiger partial charge < -0.3 is 11.1 Å². The molecule has 1 amide bonds. The van der Waals surface area contributed by atoms with Gasteiger partial charge in [0, 0.05) is 12.6 Å². The van der Waals surface area contributed by atoms with Crippen LogP contribution in [-0.2, 0) is 6.18 Å². The molecule has 1 aromatic carbocycles. The molecule has 18 heavy (non-hydrogen) atoms. The highest BCUT2D eigenvalue weighted by molar-refractivity contribution is 5.94. The van der Waals surface area contributed by atoms with Crippen molar-refractivity contribution in [3.63, 3.8) is 0 Å². The number of amides is 1. The highest BCUT2D eigenvalue weighted by Gasteiger charge is 2.32. The molecule has 0 bridgehead atoms. The molecule has 0 fully saturated rings. The fourth-order valence-corrected chi connectivity index (χ4v) is 1.24. The zero-order chi connectivity index (χ0) is 13.9. The maximum absolute atomic E-state index is 13.3. The van der Waals surface area contributed by atoms with Crippen LogP contribution >= 0.6 is 0 Å². The summed E-state index contributed by atoms with van der Waals surface area (Å²) >= 11 is 0. The molecule has 0 aromatic heterocycles. The number of hydrogen-bond acceptors (Lipinski definition) is 2. The van der Waals surface area contributed by atoms with Gasteiger partial charge in [-0.2, -0.15) is 13.2 Å². The van der Waals surface area contributed by atoms with Gasteiger partial charge in [-0.1, -0.05) is 0 Å². The Morgan fingerprint density at radius 2 is 2.06 bits per heavy atom. The molecule has 0 spiro atoms. The fourth-order valence-electron chi connectivity index (χ4n) is 1.24. The van der Waals surface area contributed by atoms with Gasteiger partial charge in [0.2, 0.25) is 0 Å². The highest BCUT2D eigenvalue weighted by Crippen LogP contribution is 2.30. The van der Waals surface area contributed by atoms with Crippen LogP contribution in [-0.4, -0.2) is 18.5 Å². The van der Waals surface area contributed by atoms with Crippen LogP contribution < -0.4 is 11.1 Å². The van der Waals surface area contributed by atoms with Crippen molar-refractivity contribution in [2.45, 2.75) is 19.1 Å². The first-order valence-corrected chi connectivity index (χ1v) is 5.13. The van der Waals surface area contributed by atoms with Crippen molar-refractivity contribution in [2.24, 2.45) is 5.73 Å². The second-order valence-corrected chi connectivity index (χ2v) is 3.80. The number of alkyl halides is 3. The number of hydrogen-bond donors (Lipinski definition) is 2. The minimum Gasteiger partial charge on any atom is -0.348 e. The lowest BCUT2D eigenvalue weighted by molar-refractivity contribution is -0.137. The van der Waals surface area contributed by atoms with Gasteiger partial charge in [-0.05, 0) is 25.1 Å². The first-order chi connectivity index (χ1) is 8.25. The van der Waals surface area contributed by atoms with E-state index in [0.29, 0.717) is 18.2 Å². The third kappa shape index (κ3) is 3.43. The molecule has 0 radical (unpaired) electrons. The molecule has 0 saturated heterocycles. The minimum absolute atomic E-state index is 0.103. The molecular weight excluding hydrogens is 252 g/mol. The third-order valence-corrected chi connectivity index (χ3v) is 2.27. The number of carbonyl (C=O) groups excluding carboxylic acids is 1. The lowest BCUT2D eigenvalue weighted by atomic mass is 10.1. The fraction of sp³-hybridized carbons (Fsp3) is 0.364. The number of carbonyl (C=O) groups is 1. The van der Waals surface area contributed by atoms with E-state index in [1.54, 1.807) is 6.92 Å². The van der Waals surface area contributed by atoms with Gasteiger partial charge in [-0.15, -0.1) is 0 Å². The van der Waals surface area contributed by atoms with E-state index in [1.807, 2.05) is 0 Å². The summed E-state index contributed by atoms with van der Waals surface area (Å²) in [5.41, 5.74) is 3.52. The van der Waals surface area contributed by atoms with Crippen molar-refractivity contribution in [2.75, 3.05) is 6.54 Å². The molecule has 0 aliphatic carbocycles. The zero-order valence-corrected chi connectivity index (χ0v) is 9.51. The van der Waals surface area contributed by atoms with Crippen molar-refractivity contribution in [3.8, 4) is 0 Å². The lowest BCUT2D eigenvalue weighted by Gasteiger charge is -2.13. The van der Waals surface area contributed by atoms with Crippen LogP contribution in [0.25, 0.3) is 0 Å². The third-order valence-electron chi connectivity index (χ3n) is 2.27. The van der Waals surface area contributed by atoms with Crippen LogP contribution in [0.3, 0.4) is 0 Å². The summed E-state index contributed by atoms with van der Waals surface area (Å²) < 4.78 is 50.6. The molecule has 0 heterocycles. The molecule has 0 aliphatic heterocycles. The van der Waals surface area contributed by atoms with Crippen LogP contribution in [0, 0.1) is 5.82 Å². The smallest absolute Gasteiger partial charge is 0.348 e. The molecule has 0 saturated carbocycles. The van der Waals surface area contributed by atoms with Crippen molar-refractivity contribution in [1.82, 2.24) is 5.32 Å². The van der Waals surface area contributed by atoms with Gasteiger partial charge in [0.15, 0.2) is 0 Å². The maximum Gasteiger partial charge on any atom is 0.416 e. The number of rotatable bonds is 3. The Morgan fingerprint density at radius 3 is 2.56 bits per heavy atom. The molecule has 0 unspecified atom stereocenters. The van der Waals surface area contributed by atoms with E-state index >= 15 is 0 Å². The summed E-state index contributed by atoms with van der Waals surface area (Å²) in [6, 6.07) is 1.23. The van der Waals surface area contributed by atoms with E-state index in [4.69, 9.17) is 5.73 Å². The molecule has 0 aliphatic rings. The topological polar surface area (TPSA) is 55.1 Å². The molecule has 7 heteroatoms. The normalized spacial score (nSPS) is 13.2. The molecule has 1 atom stereocenters. The van der Waals surface area contributed by atoms with Crippen molar-refractivity contribution >= 4 is 5.91 Å². The van der Waals surface area contributed by atoms with Gasteiger partial charge in [-0.25, -0.2) is 4.39 Å². The average molecular weight is 264 g/mol. The largest absolute Gasteiger partial charge is 0.416 e. The van der Waals surface area contributed by atoms with E-state index < -0.39 is 35.1 Å². The Labute approximate surface area is 101 Å². The first-order valence-electron chi connectivity index (χ1n) is 5.13. The number of nitrogens with one attached hydrogen (secondary N) is 1. The SMILES string of the molecule is C[C@H](CN)NC(=O)c1cc(C(F)(F)F)ccc1F. The van der Waals surface area contributed by atoms with E-state index in [0.717, 1.165) is 0 Å². The molecule has 1 rings (SSSR count). The van der Waals surface area contributed by atoms with Crippen LogP contribution in [0.2, 0.25) is 0 Å². The van der Waals surface area contributed by atoms with Crippen LogP contribution in [0.5, 0.6) is 0 Å². The minimum atomic E-state index is -4.62. The summed E-state index contributed by atoms with van der Waals surface area (Å²) in [5, 5.41) is 2.29. The quantitative estimate of drug-likeness (QED) is 0.819. The number of halogens is 4. The average Bonchev–Trinajstić information content (AvgIpc) is 2.27. The Balaban J connectivity index is 3.04. The monoisotopic (exact) mass is 264 g/mol. The Kier molecular flexibility index (Phi) is 4.28. The van der Waals surface area contributed by atoms with Gasteiger partial charge in [0.1, 0.15) is 5.82 Å². The molecule has 1 aromatic rings. The van der Waals surface area contributed by atoms with E-state index in [-0.39, 0.29) is 6.54 Å². The van der Waals surface area contributed by atoms with E-state index in [1.165, 1.54) is 0 Å². The second kappa shape index (κ2) is 5.34. The Bertz CT molecular complexity index is 445. The number of benzene rings is 1. The summed E-state index contributed by atoms with van der Waals surface area (Å²) in [4.78, 5) is 11.5. The van der Waals surface area contributed by atoms with Crippen molar-refractivity contribution < 1.29 is 22.4 Å². The van der Waals surface area contributed by atoms with Gasteiger partial charge in [0.25, 0.3) is 5.91 Å². The zero-order valence-electron chi connectivity index (χ0n) is 9.51. The maximum atomic E-state index is 13.3. The van der Waals surface area contributed by atoms with E-state index in [9.17, 15) is 22.4 Å².